The molecule has 1 aliphatic heterocycles. The molecule has 2 rings (SSSR count). The number of amides is 1. The monoisotopic (exact) mass is 369 g/mol. The molecule has 122 valence electrons. The van der Waals surface area contributed by atoms with Crippen LogP contribution in [0.5, 0.6) is 5.75 Å². The van der Waals surface area contributed by atoms with Crippen LogP contribution >= 0.6 is 15.9 Å². The van der Waals surface area contributed by atoms with Gasteiger partial charge in [0.15, 0.2) is 0 Å². The van der Waals surface area contributed by atoms with Gasteiger partial charge in [-0.15, -0.1) is 0 Å². The molecule has 1 unspecified atom stereocenters. The van der Waals surface area contributed by atoms with E-state index in [1.165, 1.54) is 0 Å². The second-order valence-corrected chi connectivity index (χ2v) is 7.49. The number of piperidine rings is 1. The van der Waals surface area contributed by atoms with E-state index < -0.39 is 5.60 Å². The zero-order valence-electron chi connectivity index (χ0n) is 13.7. The third kappa shape index (κ3) is 4.15. The number of carbonyl (C=O) groups excluding carboxylic acids is 1. The van der Waals surface area contributed by atoms with Crippen molar-refractivity contribution in [2.75, 3.05) is 13.7 Å². The maximum Gasteiger partial charge on any atom is 0.410 e. The van der Waals surface area contributed by atoms with E-state index in [0.717, 1.165) is 41.6 Å². The summed E-state index contributed by atoms with van der Waals surface area (Å²) < 4.78 is 12.0. The van der Waals surface area contributed by atoms with E-state index >= 15 is 0 Å². The number of ether oxygens (including phenoxy) is 2. The molecule has 1 aliphatic rings. The number of methoxy groups -OCH3 is 1. The van der Waals surface area contributed by atoms with Crippen molar-refractivity contribution in [2.45, 2.75) is 51.7 Å². The highest BCUT2D eigenvalue weighted by Gasteiger charge is 2.33. The van der Waals surface area contributed by atoms with Gasteiger partial charge in [-0.05, 0) is 58.2 Å². The van der Waals surface area contributed by atoms with Crippen LogP contribution in [0.2, 0.25) is 0 Å². The van der Waals surface area contributed by atoms with E-state index in [-0.39, 0.29) is 12.1 Å². The van der Waals surface area contributed by atoms with Crippen LogP contribution < -0.4 is 4.74 Å². The number of rotatable bonds is 2. The molecule has 0 aromatic heterocycles. The second kappa shape index (κ2) is 6.90. The number of benzene rings is 1. The lowest BCUT2D eigenvalue weighted by atomic mass is 9.95. The number of halogens is 1. The highest BCUT2D eigenvalue weighted by atomic mass is 79.9. The predicted octanol–water partition coefficient (Wildman–Crippen LogP) is 4.92. The SMILES string of the molecule is COc1ccc(Br)cc1C1CCCCN1C(=O)OC(C)(C)C. The van der Waals surface area contributed by atoms with Crippen molar-refractivity contribution in [3.63, 3.8) is 0 Å². The van der Waals surface area contributed by atoms with Crippen LogP contribution in [0, 0.1) is 0 Å². The molecule has 22 heavy (non-hydrogen) atoms. The first-order valence-electron chi connectivity index (χ1n) is 7.65. The van der Waals surface area contributed by atoms with Crippen LogP contribution in [0.3, 0.4) is 0 Å². The van der Waals surface area contributed by atoms with Crippen LogP contribution in [-0.4, -0.2) is 30.2 Å². The summed E-state index contributed by atoms with van der Waals surface area (Å²) in [6, 6.07) is 5.91. The molecule has 0 radical (unpaired) electrons. The van der Waals surface area contributed by atoms with Gasteiger partial charge in [-0.2, -0.15) is 0 Å². The van der Waals surface area contributed by atoms with Gasteiger partial charge in [0.1, 0.15) is 11.4 Å². The molecule has 0 spiro atoms. The first-order chi connectivity index (χ1) is 10.3. The molecular weight excluding hydrogens is 346 g/mol. The molecule has 0 aliphatic carbocycles. The van der Waals surface area contributed by atoms with Crippen molar-refractivity contribution in [1.29, 1.82) is 0 Å². The molecule has 1 aromatic carbocycles. The molecular formula is C17H24BrNO3. The Labute approximate surface area is 140 Å². The highest BCUT2D eigenvalue weighted by molar-refractivity contribution is 9.10. The van der Waals surface area contributed by atoms with E-state index in [1.54, 1.807) is 7.11 Å². The summed E-state index contributed by atoms with van der Waals surface area (Å²) in [5.41, 5.74) is 0.544. The van der Waals surface area contributed by atoms with E-state index in [4.69, 9.17) is 9.47 Å². The van der Waals surface area contributed by atoms with Gasteiger partial charge in [-0.3, -0.25) is 0 Å². The first-order valence-corrected chi connectivity index (χ1v) is 8.44. The Kier molecular flexibility index (Phi) is 5.37. The molecule has 1 atom stereocenters. The van der Waals surface area contributed by atoms with Crippen molar-refractivity contribution >= 4 is 22.0 Å². The Morgan fingerprint density at radius 2 is 2.05 bits per heavy atom. The number of nitrogens with zero attached hydrogens (tertiary/aromatic N) is 1. The maximum atomic E-state index is 12.5. The summed E-state index contributed by atoms with van der Waals surface area (Å²) in [4.78, 5) is 14.4. The number of hydrogen-bond acceptors (Lipinski definition) is 3. The van der Waals surface area contributed by atoms with Crippen molar-refractivity contribution in [2.24, 2.45) is 0 Å². The van der Waals surface area contributed by atoms with Gasteiger partial charge in [0.2, 0.25) is 0 Å². The Morgan fingerprint density at radius 3 is 2.68 bits per heavy atom. The fourth-order valence-corrected chi connectivity index (χ4v) is 3.14. The van der Waals surface area contributed by atoms with Crippen LogP contribution in [0.25, 0.3) is 0 Å². The van der Waals surface area contributed by atoms with Crippen molar-refractivity contribution in [3.05, 3.63) is 28.2 Å². The average Bonchev–Trinajstić information content (AvgIpc) is 2.45. The summed E-state index contributed by atoms with van der Waals surface area (Å²) in [6.07, 6.45) is 2.77. The number of likely N-dealkylation sites (tertiary alicyclic amines) is 1. The summed E-state index contributed by atoms with van der Waals surface area (Å²) in [6.45, 7) is 6.39. The number of hydrogen-bond donors (Lipinski definition) is 0. The second-order valence-electron chi connectivity index (χ2n) is 6.57. The van der Waals surface area contributed by atoms with Crippen LogP contribution in [0.15, 0.2) is 22.7 Å². The van der Waals surface area contributed by atoms with Crippen molar-refractivity contribution in [3.8, 4) is 5.75 Å². The Hall–Kier alpha value is -1.23. The summed E-state index contributed by atoms with van der Waals surface area (Å²) in [5.74, 6) is 0.809. The molecule has 4 nitrogen and oxygen atoms in total. The molecule has 1 aromatic rings. The van der Waals surface area contributed by atoms with Crippen LogP contribution in [0.4, 0.5) is 4.79 Å². The zero-order valence-corrected chi connectivity index (χ0v) is 15.3. The Bertz CT molecular complexity index is 539. The lowest BCUT2D eigenvalue weighted by Gasteiger charge is -2.37. The summed E-state index contributed by atoms with van der Waals surface area (Å²) in [5, 5.41) is 0. The van der Waals surface area contributed by atoms with Gasteiger partial charge >= 0.3 is 6.09 Å². The summed E-state index contributed by atoms with van der Waals surface area (Å²) in [7, 11) is 1.66. The van der Waals surface area contributed by atoms with E-state index in [9.17, 15) is 4.79 Å². The molecule has 5 heteroatoms. The molecule has 0 N–H and O–H groups in total. The topological polar surface area (TPSA) is 38.8 Å². The lowest BCUT2D eigenvalue weighted by molar-refractivity contribution is 0.00928. The quantitative estimate of drug-likeness (QED) is 0.742. The Balaban J connectivity index is 2.30. The smallest absolute Gasteiger partial charge is 0.410 e. The van der Waals surface area contributed by atoms with Crippen molar-refractivity contribution in [1.82, 2.24) is 4.90 Å². The lowest BCUT2D eigenvalue weighted by Crippen LogP contribution is -2.42. The van der Waals surface area contributed by atoms with E-state index in [2.05, 4.69) is 15.9 Å². The number of carbonyl (C=O) groups is 1. The molecule has 1 fully saturated rings. The minimum absolute atomic E-state index is 0.00366. The third-order valence-electron chi connectivity index (χ3n) is 3.68. The van der Waals surface area contributed by atoms with Gasteiger partial charge in [0.05, 0.1) is 13.2 Å². The van der Waals surface area contributed by atoms with Crippen molar-refractivity contribution < 1.29 is 14.3 Å². The Morgan fingerprint density at radius 1 is 1.32 bits per heavy atom. The molecule has 1 heterocycles. The van der Waals surface area contributed by atoms with Gasteiger partial charge in [0, 0.05) is 16.6 Å². The minimum Gasteiger partial charge on any atom is -0.496 e. The van der Waals surface area contributed by atoms with E-state index in [1.807, 2.05) is 43.9 Å². The zero-order chi connectivity index (χ0) is 16.3. The van der Waals surface area contributed by atoms with Gasteiger partial charge in [-0.1, -0.05) is 15.9 Å². The molecule has 0 saturated carbocycles. The fourth-order valence-electron chi connectivity index (χ4n) is 2.76. The highest BCUT2D eigenvalue weighted by Crippen LogP contribution is 2.38. The fraction of sp³-hybridized carbons (Fsp3) is 0.588. The predicted molar refractivity (Wildman–Crippen MR) is 90.2 cm³/mol. The first kappa shape index (κ1) is 17.1. The molecule has 0 bridgehead atoms. The minimum atomic E-state index is -0.486. The third-order valence-corrected chi connectivity index (χ3v) is 4.17. The van der Waals surface area contributed by atoms with Gasteiger partial charge in [-0.25, -0.2) is 4.79 Å². The maximum absolute atomic E-state index is 12.5. The van der Waals surface area contributed by atoms with Crippen LogP contribution in [-0.2, 0) is 4.74 Å². The van der Waals surface area contributed by atoms with Crippen LogP contribution in [0.1, 0.15) is 51.6 Å². The van der Waals surface area contributed by atoms with Gasteiger partial charge < -0.3 is 14.4 Å². The molecule has 1 amide bonds. The standard InChI is InChI=1S/C17H24BrNO3/c1-17(2,3)22-16(20)19-10-6-5-7-14(19)13-11-12(18)8-9-15(13)21-4/h8-9,11,14H,5-7,10H2,1-4H3. The largest absolute Gasteiger partial charge is 0.496 e. The van der Waals surface area contributed by atoms with Gasteiger partial charge in [0.25, 0.3) is 0 Å². The van der Waals surface area contributed by atoms with E-state index in [0.29, 0.717) is 0 Å². The average molecular weight is 370 g/mol. The summed E-state index contributed by atoms with van der Waals surface area (Å²) >= 11 is 3.51. The normalized spacial score (nSPS) is 19.0. The molecule has 1 saturated heterocycles.